The molecule has 1 fully saturated rings. The van der Waals surface area contributed by atoms with Crippen molar-refractivity contribution in [1.82, 2.24) is 25.4 Å². The van der Waals surface area contributed by atoms with Crippen molar-refractivity contribution < 1.29 is 14.1 Å². The van der Waals surface area contributed by atoms with Crippen LogP contribution < -0.4 is 16.2 Å². The maximum Gasteiger partial charge on any atom is 0.251 e. The van der Waals surface area contributed by atoms with Crippen molar-refractivity contribution in [2.24, 2.45) is 0 Å². The van der Waals surface area contributed by atoms with Gasteiger partial charge in [-0.05, 0) is 31.9 Å². The van der Waals surface area contributed by atoms with E-state index < -0.39 is 5.54 Å². The monoisotopic (exact) mass is 478 g/mol. The molecule has 0 radical (unpaired) electrons. The van der Waals surface area contributed by atoms with Gasteiger partial charge in [0, 0.05) is 42.8 Å². The average Bonchev–Trinajstić information content (AvgIpc) is 3.17. The van der Waals surface area contributed by atoms with Gasteiger partial charge in [-0.3, -0.25) is 14.4 Å². The molecular formula is C25H30N6O4. The minimum atomic E-state index is -0.614. The lowest BCUT2D eigenvalue weighted by molar-refractivity contribution is -0.121. The summed E-state index contributed by atoms with van der Waals surface area (Å²) in [6, 6.07) is 8.54. The Hall–Kier alpha value is -3.82. The maximum atomic E-state index is 12.6. The molecule has 3 N–H and O–H groups in total. The number of carbonyl (C=O) groups excluding carboxylic acids is 2. The first kappa shape index (κ1) is 24.3. The van der Waals surface area contributed by atoms with Crippen LogP contribution in [-0.4, -0.2) is 31.9 Å². The van der Waals surface area contributed by atoms with E-state index in [1.54, 1.807) is 25.1 Å². The number of anilines is 1. The van der Waals surface area contributed by atoms with Crippen molar-refractivity contribution in [3.8, 4) is 11.4 Å². The maximum absolute atomic E-state index is 12.6. The summed E-state index contributed by atoms with van der Waals surface area (Å²) in [6.45, 7) is 3.25. The Balaban J connectivity index is 1.40. The molecule has 2 amide bonds. The topological polar surface area (TPSA) is 143 Å². The zero-order valence-electron chi connectivity index (χ0n) is 20.0. The molecule has 3 aromatic rings. The Kier molecular flexibility index (Phi) is 7.38. The fraction of sp³-hybridized carbons (Fsp3) is 0.440. The number of H-pyrrole nitrogens is 1. The number of hydrogen-bond donors (Lipinski definition) is 3. The molecule has 1 aromatic carbocycles. The summed E-state index contributed by atoms with van der Waals surface area (Å²) < 4.78 is 5.43. The fourth-order valence-corrected chi connectivity index (χ4v) is 4.53. The number of rotatable bonds is 7. The highest BCUT2D eigenvalue weighted by Crippen LogP contribution is 2.34. The summed E-state index contributed by atoms with van der Waals surface area (Å²) in [6.07, 6.45) is 6.16. The number of amides is 2. The van der Waals surface area contributed by atoms with Gasteiger partial charge >= 0.3 is 0 Å². The first-order valence-electron chi connectivity index (χ1n) is 11.9. The molecule has 1 aliphatic rings. The quantitative estimate of drug-likeness (QED) is 0.442. The van der Waals surface area contributed by atoms with Crippen molar-refractivity contribution in [2.45, 2.75) is 70.8 Å². The third-order valence-corrected chi connectivity index (χ3v) is 6.12. The smallest absolute Gasteiger partial charge is 0.251 e. The predicted octanol–water partition coefficient (Wildman–Crippen LogP) is 3.39. The summed E-state index contributed by atoms with van der Waals surface area (Å²) in [4.78, 5) is 47.8. The van der Waals surface area contributed by atoms with Crippen LogP contribution in [0.3, 0.4) is 0 Å². The van der Waals surface area contributed by atoms with Crippen LogP contribution in [0.5, 0.6) is 0 Å². The lowest BCUT2D eigenvalue weighted by atomic mass is 9.89. The van der Waals surface area contributed by atoms with E-state index in [-0.39, 0.29) is 30.2 Å². The largest absolute Gasteiger partial charge is 0.343 e. The van der Waals surface area contributed by atoms with Crippen LogP contribution in [-0.2, 0) is 21.5 Å². The van der Waals surface area contributed by atoms with E-state index >= 15 is 0 Å². The minimum Gasteiger partial charge on any atom is -0.343 e. The van der Waals surface area contributed by atoms with Gasteiger partial charge in [-0.15, -0.1) is 0 Å². The number of aromatic amines is 1. The van der Waals surface area contributed by atoms with E-state index in [9.17, 15) is 14.4 Å². The second kappa shape index (κ2) is 10.6. The second-order valence-electron chi connectivity index (χ2n) is 9.05. The van der Waals surface area contributed by atoms with Gasteiger partial charge in [0.1, 0.15) is 11.4 Å². The first-order valence-corrected chi connectivity index (χ1v) is 11.9. The fourth-order valence-electron chi connectivity index (χ4n) is 4.53. The van der Waals surface area contributed by atoms with Crippen LogP contribution in [0.4, 0.5) is 5.69 Å². The number of aromatic nitrogens is 4. The van der Waals surface area contributed by atoms with Gasteiger partial charge in [-0.25, -0.2) is 4.98 Å². The molecule has 10 nitrogen and oxygen atoms in total. The van der Waals surface area contributed by atoms with E-state index in [2.05, 4.69) is 30.7 Å². The lowest BCUT2D eigenvalue weighted by Gasteiger charge is -2.30. The number of hydrogen-bond acceptors (Lipinski definition) is 7. The van der Waals surface area contributed by atoms with Crippen LogP contribution in [0, 0.1) is 6.92 Å². The van der Waals surface area contributed by atoms with Crippen LogP contribution in [0.2, 0.25) is 0 Å². The molecule has 0 atom stereocenters. The SMILES string of the molecule is CC(=O)NC1(c2noc(CCC(=O)Nc3cccc(-c4nc(C)cc(=O)[nH]4)c3)n2)CCCCCC1. The molecular weight excluding hydrogens is 448 g/mol. The zero-order valence-corrected chi connectivity index (χ0v) is 20.0. The molecule has 0 unspecified atom stereocenters. The minimum absolute atomic E-state index is 0.121. The first-order chi connectivity index (χ1) is 16.8. The van der Waals surface area contributed by atoms with Crippen molar-refractivity contribution >= 4 is 17.5 Å². The highest BCUT2D eigenvalue weighted by molar-refractivity contribution is 5.91. The van der Waals surface area contributed by atoms with Gasteiger partial charge in [-0.2, -0.15) is 4.98 Å². The normalized spacial score (nSPS) is 15.3. The lowest BCUT2D eigenvalue weighted by Crippen LogP contribution is -2.45. The van der Waals surface area contributed by atoms with Gasteiger partial charge in [-0.1, -0.05) is 43.0 Å². The Morgan fingerprint density at radius 1 is 1.11 bits per heavy atom. The highest BCUT2D eigenvalue weighted by atomic mass is 16.5. The number of nitrogens with one attached hydrogen (secondary N) is 3. The molecule has 10 heteroatoms. The summed E-state index contributed by atoms with van der Waals surface area (Å²) >= 11 is 0. The molecule has 0 bridgehead atoms. The zero-order chi connectivity index (χ0) is 24.8. The van der Waals surface area contributed by atoms with E-state index in [4.69, 9.17) is 4.52 Å². The van der Waals surface area contributed by atoms with E-state index in [1.165, 1.54) is 13.0 Å². The predicted molar refractivity (Wildman–Crippen MR) is 129 cm³/mol. The molecule has 4 rings (SSSR count). The van der Waals surface area contributed by atoms with E-state index in [0.29, 0.717) is 34.5 Å². The second-order valence-corrected chi connectivity index (χ2v) is 9.05. The Labute approximate surface area is 202 Å². The van der Waals surface area contributed by atoms with Crippen LogP contribution in [0.15, 0.2) is 39.6 Å². The van der Waals surface area contributed by atoms with E-state index in [1.807, 2.05) is 6.07 Å². The van der Waals surface area contributed by atoms with Crippen molar-refractivity contribution in [1.29, 1.82) is 0 Å². The molecule has 1 aliphatic carbocycles. The molecule has 2 aromatic heterocycles. The molecule has 0 saturated heterocycles. The van der Waals surface area contributed by atoms with Crippen LogP contribution >= 0.6 is 0 Å². The van der Waals surface area contributed by atoms with Crippen LogP contribution in [0.1, 0.15) is 69.3 Å². The van der Waals surface area contributed by atoms with Crippen LogP contribution in [0.25, 0.3) is 11.4 Å². The summed E-state index contributed by atoms with van der Waals surface area (Å²) in [7, 11) is 0. The van der Waals surface area contributed by atoms with Crippen molar-refractivity contribution in [3.05, 3.63) is 58.1 Å². The highest BCUT2D eigenvalue weighted by Gasteiger charge is 2.38. The van der Waals surface area contributed by atoms with Crippen molar-refractivity contribution in [2.75, 3.05) is 5.32 Å². The Morgan fingerprint density at radius 2 is 1.89 bits per heavy atom. The van der Waals surface area contributed by atoms with Gasteiger partial charge in [0.25, 0.3) is 5.56 Å². The van der Waals surface area contributed by atoms with Gasteiger partial charge < -0.3 is 20.1 Å². The summed E-state index contributed by atoms with van der Waals surface area (Å²) in [5, 5.41) is 10.1. The molecule has 1 saturated carbocycles. The molecule has 184 valence electrons. The van der Waals surface area contributed by atoms with Crippen molar-refractivity contribution in [3.63, 3.8) is 0 Å². The number of carbonyl (C=O) groups is 2. The number of aryl methyl sites for hydroxylation is 2. The molecule has 2 heterocycles. The third kappa shape index (κ3) is 6.20. The van der Waals surface area contributed by atoms with Gasteiger partial charge in [0.05, 0.1) is 0 Å². The average molecular weight is 479 g/mol. The summed E-state index contributed by atoms with van der Waals surface area (Å²) in [5.74, 6) is 0.955. The summed E-state index contributed by atoms with van der Waals surface area (Å²) in [5.41, 5.74) is 1.05. The Morgan fingerprint density at radius 3 is 2.60 bits per heavy atom. The Bertz CT molecular complexity index is 1260. The third-order valence-electron chi connectivity index (χ3n) is 6.12. The van der Waals surface area contributed by atoms with Gasteiger partial charge in [0.2, 0.25) is 17.7 Å². The number of benzene rings is 1. The molecule has 0 spiro atoms. The van der Waals surface area contributed by atoms with Gasteiger partial charge in [0.15, 0.2) is 5.82 Å². The number of nitrogens with zero attached hydrogens (tertiary/aromatic N) is 3. The molecule has 0 aliphatic heterocycles. The van der Waals surface area contributed by atoms with E-state index in [0.717, 1.165) is 38.5 Å². The molecule has 35 heavy (non-hydrogen) atoms. The standard InChI is InChI=1S/C25H30N6O4/c1-16-14-21(34)28-23(26-16)18-8-7-9-19(15-18)27-20(33)10-11-22-29-24(31-35-22)25(30-17(2)32)12-5-3-4-6-13-25/h7-9,14-15H,3-6,10-13H2,1-2H3,(H,27,33)(H,30,32)(H,26,28,34).